The number of nitrogens with two attached hydrogens (primary N) is 1. The highest BCUT2D eigenvalue weighted by atomic mass is 35.5. The third-order valence-electron chi connectivity index (χ3n) is 9.09. The number of carbonyl (C=O) groups is 1. The highest BCUT2D eigenvalue weighted by Gasteiger charge is 2.70. The number of hydrogen-bond acceptors (Lipinski definition) is 5. The summed E-state index contributed by atoms with van der Waals surface area (Å²) in [7, 11) is -3.87. The largest absolute Gasteiger partial charge is 0.382 e. The number of nitrogens with one attached hydrogen (secondary N) is 1. The average Bonchev–Trinajstić information content (AvgIpc) is 3.09. The Morgan fingerprint density at radius 2 is 1.88 bits per heavy atom. The van der Waals surface area contributed by atoms with Crippen LogP contribution in [0.1, 0.15) is 58.8 Å². The summed E-state index contributed by atoms with van der Waals surface area (Å²) in [5, 5.41) is 10.4. The maximum absolute atomic E-state index is 13.2. The van der Waals surface area contributed by atoms with Crippen molar-refractivity contribution in [3.8, 4) is 0 Å². The highest BCUT2D eigenvalue weighted by Crippen LogP contribution is 2.67. The van der Waals surface area contributed by atoms with Gasteiger partial charge in [-0.25, -0.2) is 13.6 Å². The minimum atomic E-state index is -3.87. The lowest BCUT2D eigenvalue weighted by atomic mass is 9.62. The number of ketones is 1. The molecule has 1 aromatic heterocycles. The van der Waals surface area contributed by atoms with Gasteiger partial charge in [0.05, 0.1) is 16.2 Å². The maximum Gasteiger partial charge on any atom is 0.213 e. The molecule has 3 fully saturated rings. The van der Waals surface area contributed by atoms with Crippen LogP contribution >= 0.6 is 11.6 Å². The Kier molecular flexibility index (Phi) is 5.54. The van der Waals surface area contributed by atoms with Gasteiger partial charge in [-0.3, -0.25) is 9.78 Å². The molecule has 3 aliphatic carbocycles. The summed E-state index contributed by atoms with van der Waals surface area (Å²) < 4.78 is 25.9. The second-order valence-corrected chi connectivity index (χ2v) is 13.0. The molecule has 6 nitrogen and oxygen atoms in total. The maximum atomic E-state index is 13.2. The van der Waals surface area contributed by atoms with E-state index in [1.165, 1.54) is 0 Å². The first kappa shape index (κ1) is 23.1. The molecule has 3 atom stereocenters. The van der Waals surface area contributed by atoms with E-state index in [2.05, 4.69) is 24.1 Å². The molecule has 5 rings (SSSR count). The fourth-order valence-corrected chi connectivity index (χ4v) is 9.45. The number of benzene rings is 1. The SMILES string of the molecule is CC1(C)[C@@H]2CC[C@@]1(C(C1CCC(Nc3ccnc4cc(Cl)ccc34)CC1)S(N)(=O)=O)C(=O)C2. The molecule has 0 amide bonds. The zero-order valence-corrected chi connectivity index (χ0v) is 20.8. The summed E-state index contributed by atoms with van der Waals surface area (Å²) in [5.41, 5.74) is 0.685. The first-order valence-corrected chi connectivity index (χ1v) is 13.9. The van der Waals surface area contributed by atoms with Crippen molar-refractivity contribution in [3.05, 3.63) is 35.5 Å². The quantitative estimate of drug-likeness (QED) is 0.621. The van der Waals surface area contributed by atoms with Crippen molar-refractivity contribution < 1.29 is 13.2 Å². The number of carbonyl (C=O) groups excluding carboxylic acids is 1. The molecule has 178 valence electrons. The Labute approximate surface area is 200 Å². The van der Waals surface area contributed by atoms with E-state index >= 15 is 0 Å². The van der Waals surface area contributed by atoms with Gasteiger partial charge >= 0.3 is 0 Å². The van der Waals surface area contributed by atoms with E-state index in [1.54, 1.807) is 6.20 Å². The van der Waals surface area contributed by atoms with Crippen LogP contribution in [0.4, 0.5) is 5.69 Å². The third kappa shape index (κ3) is 3.58. The van der Waals surface area contributed by atoms with Crippen LogP contribution in [0.25, 0.3) is 10.9 Å². The minimum absolute atomic E-state index is 0.0916. The van der Waals surface area contributed by atoms with E-state index in [9.17, 15) is 13.2 Å². The summed E-state index contributed by atoms with van der Waals surface area (Å²) in [5.74, 6) is 0.289. The molecule has 0 spiro atoms. The Bertz CT molecular complexity index is 1210. The van der Waals surface area contributed by atoms with E-state index in [1.807, 2.05) is 24.3 Å². The first-order valence-electron chi connectivity index (χ1n) is 11.9. The van der Waals surface area contributed by atoms with E-state index in [0.717, 1.165) is 48.7 Å². The van der Waals surface area contributed by atoms with Crippen molar-refractivity contribution in [2.24, 2.45) is 27.8 Å². The van der Waals surface area contributed by atoms with Gasteiger partial charge in [0.15, 0.2) is 0 Å². The molecule has 33 heavy (non-hydrogen) atoms. The van der Waals surface area contributed by atoms with Gasteiger partial charge in [-0.15, -0.1) is 0 Å². The fraction of sp³-hybridized carbons (Fsp3) is 0.600. The first-order chi connectivity index (χ1) is 15.5. The lowest BCUT2D eigenvalue weighted by molar-refractivity contribution is -0.130. The number of nitrogens with zero attached hydrogens (tertiary/aromatic N) is 1. The number of pyridine rings is 1. The van der Waals surface area contributed by atoms with Crippen LogP contribution in [0.15, 0.2) is 30.5 Å². The molecule has 0 radical (unpaired) electrons. The summed E-state index contributed by atoms with van der Waals surface area (Å²) in [6.45, 7) is 4.17. The van der Waals surface area contributed by atoms with Crippen molar-refractivity contribution in [2.75, 3.05) is 5.32 Å². The third-order valence-corrected chi connectivity index (χ3v) is 10.8. The van der Waals surface area contributed by atoms with Crippen molar-refractivity contribution in [1.82, 2.24) is 4.98 Å². The molecule has 3 N–H and O–H groups in total. The molecule has 1 aromatic carbocycles. The van der Waals surface area contributed by atoms with Crippen molar-refractivity contribution in [1.29, 1.82) is 0 Å². The van der Waals surface area contributed by atoms with Gasteiger partial charge in [-0.1, -0.05) is 25.4 Å². The Morgan fingerprint density at radius 1 is 1.15 bits per heavy atom. The lowest BCUT2D eigenvalue weighted by Crippen LogP contribution is -2.56. The Balaban J connectivity index is 1.36. The number of fused-ring (bicyclic) bond motifs is 3. The molecule has 1 unspecified atom stereocenters. The number of primary sulfonamides is 1. The number of Topliss-reactive ketones (excluding diaryl/α,β-unsaturated/α-hetero) is 1. The van der Waals surface area contributed by atoms with Gasteiger partial charge in [0.25, 0.3) is 0 Å². The summed E-state index contributed by atoms with van der Waals surface area (Å²) in [6.07, 6.45) is 6.98. The average molecular weight is 490 g/mol. The molecular formula is C25H32ClN3O3S. The van der Waals surface area contributed by atoms with Gasteiger partial charge < -0.3 is 5.32 Å². The van der Waals surface area contributed by atoms with Gasteiger partial charge in [0.1, 0.15) is 5.78 Å². The molecule has 0 aliphatic heterocycles. The van der Waals surface area contributed by atoms with Gasteiger partial charge in [-0.2, -0.15) is 0 Å². The molecule has 3 aliphatic rings. The van der Waals surface area contributed by atoms with E-state index < -0.39 is 20.7 Å². The molecule has 2 bridgehead atoms. The number of sulfonamides is 1. The van der Waals surface area contributed by atoms with Crippen molar-refractivity contribution in [2.45, 2.75) is 70.1 Å². The van der Waals surface area contributed by atoms with Gasteiger partial charge in [0, 0.05) is 34.8 Å². The topological polar surface area (TPSA) is 102 Å². The lowest BCUT2D eigenvalue weighted by Gasteiger charge is -2.46. The summed E-state index contributed by atoms with van der Waals surface area (Å²) >= 11 is 6.11. The molecule has 1 heterocycles. The molecule has 2 aromatic rings. The monoisotopic (exact) mass is 489 g/mol. The standard InChI is InChI=1S/C25H32ClN3O3S/c1-24(2)16-9-11-25(24,22(30)13-16)23(33(27,31)32)15-3-6-18(7-4-15)29-20-10-12-28-21-14-17(26)5-8-19(20)21/h5,8,10,12,14-16,18,23H,3-4,6-7,9,11,13H2,1-2H3,(H,28,29)(H2,27,31,32)/t15?,16-,18?,23?,25+/m1/s1. The number of anilines is 1. The van der Waals surface area contributed by atoms with Crippen LogP contribution in [0, 0.1) is 22.7 Å². The predicted octanol–water partition coefficient (Wildman–Crippen LogP) is 4.91. The number of aromatic nitrogens is 1. The zero-order chi connectivity index (χ0) is 23.6. The van der Waals surface area contributed by atoms with Crippen molar-refractivity contribution in [3.63, 3.8) is 0 Å². The van der Waals surface area contributed by atoms with Crippen LogP contribution in [0.3, 0.4) is 0 Å². The number of halogens is 1. The second kappa shape index (κ2) is 7.92. The smallest absolute Gasteiger partial charge is 0.213 e. The molecule has 3 saturated carbocycles. The van der Waals surface area contributed by atoms with Crippen LogP contribution in [-0.4, -0.2) is 30.5 Å². The predicted molar refractivity (Wildman–Crippen MR) is 132 cm³/mol. The highest BCUT2D eigenvalue weighted by molar-refractivity contribution is 7.89. The Hall–Kier alpha value is -1.70. The van der Waals surface area contributed by atoms with Gasteiger partial charge in [0.2, 0.25) is 10.0 Å². The zero-order valence-electron chi connectivity index (χ0n) is 19.2. The Morgan fingerprint density at radius 3 is 2.48 bits per heavy atom. The fourth-order valence-electron chi connectivity index (χ4n) is 7.36. The van der Waals surface area contributed by atoms with E-state index in [-0.39, 0.29) is 29.1 Å². The molecule has 8 heteroatoms. The van der Waals surface area contributed by atoms with Crippen LogP contribution in [0.5, 0.6) is 0 Å². The molecular weight excluding hydrogens is 458 g/mol. The summed E-state index contributed by atoms with van der Waals surface area (Å²) in [6, 6.07) is 7.87. The van der Waals surface area contributed by atoms with Crippen molar-refractivity contribution >= 4 is 44.0 Å². The van der Waals surface area contributed by atoms with E-state index in [0.29, 0.717) is 17.9 Å². The molecule has 0 saturated heterocycles. The second-order valence-electron chi connectivity index (χ2n) is 10.8. The van der Waals surface area contributed by atoms with Gasteiger partial charge in [-0.05, 0) is 80.0 Å². The van der Waals surface area contributed by atoms with Crippen LogP contribution in [0.2, 0.25) is 5.02 Å². The minimum Gasteiger partial charge on any atom is -0.382 e. The van der Waals surface area contributed by atoms with Crippen LogP contribution in [-0.2, 0) is 14.8 Å². The van der Waals surface area contributed by atoms with E-state index in [4.69, 9.17) is 16.7 Å². The number of hydrogen-bond donors (Lipinski definition) is 2. The normalized spacial score (nSPS) is 32.2. The summed E-state index contributed by atoms with van der Waals surface area (Å²) in [4.78, 5) is 17.6. The van der Waals surface area contributed by atoms with Crippen LogP contribution < -0.4 is 10.5 Å². The number of rotatable bonds is 5.